The maximum absolute atomic E-state index is 12.2. The fourth-order valence-electron chi connectivity index (χ4n) is 2.08. The van der Waals surface area contributed by atoms with Crippen LogP contribution in [0.2, 0.25) is 0 Å². The van der Waals surface area contributed by atoms with Crippen LogP contribution in [0, 0.1) is 0 Å². The Morgan fingerprint density at radius 1 is 1.00 bits per heavy atom. The van der Waals surface area contributed by atoms with E-state index in [0.29, 0.717) is 0 Å². The normalized spacial score (nSPS) is 10.9. The summed E-state index contributed by atoms with van der Waals surface area (Å²) in [4.78, 5) is 15.5. The van der Waals surface area contributed by atoms with E-state index in [1.165, 1.54) is 0 Å². The number of hydrogen-bond acceptors (Lipinski definition) is 2. The Morgan fingerprint density at radius 3 is 2.59 bits per heavy atom. The highest BCUT2D eigenvalue weighted by Crippen LogP contribution is 2.17. The van der Waals surface area contributed by atoms with E-state index in [9.17, 15) is 4.79 Å². The van der Waals surface area contributed by atoms with E-state index in [1.807, 2.05) is 49.5 Å². The molecule has 0 saturated heterocycles. The van der Waals surface area contributed by atoms with E-state index in [1.54, 1.807) is 0 Å². The summed E-state index contributed by atoms with van der Waals surface area (Å²) < 4.78 is 0. The fourth-order valence-corrected chi connectivity index (χ4v) is 2.08. The van der Waals surface area contributed by atoms with Crippen molar-refractivity contribution in [3.63, 3.8) is 0 Å². The van der Waals surface area contributed by atoms with Gasteiger partial charge in [-0.2, -0.15) is 0 Å². The molecule has 2 aromatic carbocycles. The van der Waals surface area contributed by atoms with E-state index in [-0.39, 0.29) is 5.43 Å². The number of anilines is 1. The second kappa shape index (κ2) is 3.63. The minimum atomic E-state index is 0.0806. The lowest BCUT2D eigenvalue weighted by molar-refractivity contribution is 1.46. The molecule has 0 spiro atoms. The molecule has 0 atom stereocenters. The summed E-state index contributed by atoms with van der Waals surface area (Å²) in [5.74, 6) is 0. The van der Waals surface area contributed by atoms with Gasteiger partial charge in [-0.15, -0.1) is 0 Å². The minimum Gasteiger partial charge on any atom is -0.388 e. The minimum absolute atomic E-state index is 0.0806. The largest absolute Gasteiger partial charge is 0.388 e. The predicted molar refractivity (Wildman–Crippen MR) is 71.6 cm³/mol. The van der Waals surface area contributed by atoms with Crippen molar-refractivity contribution < 1.29 is 0 Å². The summed E-state index contributed by atoms with van der Waals surface area (Å²) in [6.45, 7) is 0. The zero-order valence-corrected chi connectivity index (χ0v) is 9.45. The molecule has 17 heavy (non-hydrogen) atoms. The average Bonchev–Trinajstić information content (AvgIpc) is 2.38. The molecule has 0 aliphatic carbocycles. The molecule has 3 heteroatoms. The lowest BCUT2D eigenvalue weighted by Gasteiger charge is -2.05. The summed E-state index contributed by atoms with van der Waals surface area (Å²) in [7, 11) is 1.86. The van der Waals surface area contributed by atoms with Gasteiger partial charge in [0.05, 0.1) is 5.52 Å². The first-order chi connectivity index (χ1) is 8.29. The quantitative estimate of drug-likeness (QED) is 0.624. The number of H-pyrrole nitrogens is 1. The smallest absolute Gasteiger partial charge is 0.197 e. The predicted octanol–water partition coefficient (Wildman–Crippen LogP) is 2.72. The van der Waals surface area contributed by atoms with Crippen LogP contribution in [0.5, 0.6) is 0 Å². The molecule has 84 valence electrons. The monoisotopic (exact) mass is 224 g/mol. The van der Waals surface area contributed by atoms with E-state index < -0.39 is 0 Å². The third-order valence-corrected chi connectivity index (χ3v) is 2.99. The molecule has 1 aromatic heterocycles. The molecule has 0 aliphatic rings. The maximum Gasteiger partial charge on any atom is 0.197 e. The number of aromatic nitrogens is 1. The first-order valence-corrected chi connectivity index (χ1v) is 5.52. The number of aromatic amines is 1. The molecular weight excluding hydrogens is 212 g/mol. The highest BCUT2D eigenvalue weighted by Gasteiger charge is 2.04. The molecular formula is C14H12N2O. The number of para-hydroxylation sites is 1. The number of benzene rings is 2. The van der Waals surface area contributed by atoms with E-state index in [2.05, 4.69) is 10.3 Å². The van der Waals surface area contributed by atoms with Gasteiger partial charge in [0.2, 0.25) is 0 Å². The van der Waals surface area contributed by atoms with Gasteiger partial charge in [0.1, 0.15) is 0 Å². The fraction of sp³-hybridized carbons (Fsp3) is 0.0714. The molecule has 0 bridgehead atoms. The third kappa shape index (κ3) is 1.47. The lowest BCUT2D eigenvalue weighted by atomic mass is 10.1. The van der Waals surface area contributed by atoms with Crippen LogP contribution in [0.25, 0.3) is 21.8 Å². The highest BCUT2D eigenvalue weighted by atomic mass is 16.1. The third-order valence-electron chi connectivity index (χ3n) is 2.99. The standard InChI is InChI=1S/C14H12N2O/c1-15-9-6-7-11-13(8-9)16-12-5-3-2-4-10(12)14(11)17/h2-8,15H,1H3,(H,16,17). The lowest BCUT2D eigenvalue weighted by Crippen LogP contribution is -2.04. The Bertz CT molecular complexity index is 759. The van der Waals surface area contributed by atoms with Crippen LogP contribution in [0.4, 0.5) is 5.69 Å². The number of pyridine rings is 1. The van der Waals surface area contributed by atoms with Crippen LogP contribution in [-0.2, 0) is 0 Å². The van der Waals surface area contributed by atoms with Crippen LogP contribution in [-0.4, -0.2) is 12.0 Å². The van der Waals surface area contributed by atoms with Crippen LogP contribution in [0.15, 0.2) is 47.3 Å². The van der Waals surface area contributed by atoms with Crippen molar-refractivity contribution in [2.45, 2.75) is 0 Å². The van der Waals surface area contributed by atoms with Crippen molar-refractivity contribution in [2.75, 3.05) is 12.4 Å². The average molecular weight is 224 g/mol. The molecule has 0 aliphatic heterocycles. The summed E-state index contributed by atoms with van der Waals surface area (Å²) in [5, 5.41) is 4.52. The number of nitrogens with one attached hydrogen (secondary N) is 2. The van der Waals surface area contributed by atoms with Gasteiger partial charge in [0.25, 0.3) is 0 Å². The number of rotatable bonds is 1. The van der Waals surface area contributed by atoms with Gasteiger partial charge in [-0.3, -0.25) is 4.79 Å². The van der Waals surface area contributed by atoms with Crippen LogP contribution in [0.1, 0.15) is 0 Å². The summed E-state index contributed by atoms with van der Waals surface area (Å²) in [6.07, 6.45) is 0. The van der Waals surface area contributed by atoms with E-state index >= 15 is 0 Å². The molecule has 3 rings (SSSR count). The zero-order chi connectivity index (χ0) is 11.8. The molecule has 1 heterocycles. The highest BCUT2D eigenvalue weighted by molar-refractivity contribution is 5.93. The van der Waals surface area contributed by atoms with Gasteiger partial charge in [-0.25, -0.2) is 0 Å². The van der Waals surface area contributed by atoms with Crippen molar-refractivity contribution >= 4 is 27.5 Å². The van der Waals surface area contributed by atoms with Crippen LogP contribution >= 0.6 is 0 Å². The molecule has 0 fully saturated rings. The van der Waals surface area contributed by atoms with Crippen LogP contribution in [0.3, 0.4) is 0 Å². The van der Waals surface area contributed by atoms with Crippen LogP contribution < -0.4 is 10.7 Å². The van der Waals surface area contributed by atoms with E-state index in [4.69, 9.17) is 0 Å². The Hall–Kier alpha value is -2.29. The van der Waals surface area contributed by atoms with Crippen molar-refractivity contribution in [1.82, 2.24) is 4.98 Å². The topological polar surface area (TPSA) is 44.9 Å². The summed E-state index contributed by atoms with van der Waals surface area (Å²) in [5.41, 5.74) is 2.80. The van der Waals surface area contributed by atoms with Gasteiger partial charge in [-0.05, 0) is 30.3 Å². The van der Waals surface area contributed by atoms with Gasteiger partial charge < -0.3 is 10.3 Å². The molecule has 0 radical (unpaired) electrons. The number of fused-ring (bicyclic) bond motifs is 2. The van der Waals surface area contributed by atoms with Gasteiger partial charge in [0.15, 0.2) is 5.43 Å². The summed E-state index contributed by atoms with van der Waals surface area (Å²) >= 11 is 0. The van der Waals surface area contributed by atoms with Crippen molar-refractivity contribution in [2.24, 2.45) is 0 Å². The Balaban J connectivity index is 2.50. The molecule has 3 aromatic rings. The van der Waals surface area contributed by atoms with Gasteiger partial charge >= 0.3 is 0 Å². The second-order valence-corrected chi connectivity index (χ2v) is 4.01. The van der Waals surface area contributed by atoms with Crippen molar-refractivity contribution in [1.29, 1.82) is 0 Å². The molecule has 2 N–H and O–H groups in total. The Kier molecular flexibility index (Phi) is 2.11. The molecule has 0 saturated carbocycles. The first-order valence-electron chi connectivity index (χ1n) is 5.52. The number of hydrogen-bond donors (Lipinski definition) is 2. The van der Waals surface area contributed by atoms with Gasteiger partial charge in [-0.1, -0.05) is 12.1 Å². The summed E-state index contributed by atoms with van der Waals surface area (Å²) in [6, 6.07) is 13.3. The zero-order valence-electron chi connectivity index (χ0n) is 9.45. The van der Waals surface area contributed by atoms with E-state index in [0.717, 1.165) is 27.5 Å². The first kappa shape index (κ1) is 9.90. The SMILES string of the molecule is CNc1ccc2c(=O)c3ccccc3[nH]c2c1. The second-order valence-electron chi connectivity index (χ2n) is 4.01. The van der Waals surface area contributed by atoms with Crippen molar-refractivity contribution in [3.05, 3.63) is 52.7 Å². The maximum atomic E-state index is 12.2. The Labute approximate surface area is 98.1 Å². The van der Waals surface area contributed by atoms with Gasteiger partial charge in [0, 0.05) is 29.0 Å². The molecule has 3 nitrogen and oxygen atoms in total. The van der Waals surface area contributed by atoms with Crippen molar-refractivity contribution in [3.8, 4) is 0 Å². The Morgan fingerprint density at radius 2 is 1.76 bits per heavy atom. The molecule has 0 unspecified atom stereocenters. The molecule has 0 amide bonds.